The van der Waals surface area contributed by atoms with Gasteiger partial charge < -0.3 is 5.32 Å². The first-order chi connectivity index (χ1) is 17.6. The van der Waals surface area contributed by atoms with Gasteiger partial charge in [-0.25, -0.2) is 14.4 Å². The van der Waals surface area contributed by atoms with Crippen LogP contribution in [0.2, 0.25) is 0 Å². The Morgan fingerprint density at radius 3 is 2.47 bits per heavy atom. The van der Waals surface area contributed by atoms with E-state index in [2.05, 4.69) is 10.3 Å². The van der Waals surface area contributed by atoms with Crippen molar-refractivity contribution < 1.29 is 9.18 Å². The summed E-state index contributed by atoms with van der Waals surface area (Å²) in [6.45, 7) is 2.88. The number of pyridine rings is 1. The lowest BCUT2D eigenvalue weighted by molar-refractivity contribution is 0.0951. The third kappa shape index (κ3) is 5.47. The molecule has 0 aliphatic rings. The van der Waals surface area contributed by atoms with Gasteiger partial charge >= 0.3 is 0 Å². The van der Waals surface area contributed by atoms with Crippen molar-refractivity contribution in [1.82, 2.24) is 19.9 Å². The zero-order valence-corrected chi connectivity index (χ0v) is 20.6. The van der Waals surface area contributed by atoms with Crippen LogP contribution < -0.4 is 5.32 Å². The average molecular weight is 497 g/mol. The van der Waals surface area contributed by atoms with Crippen molar-refractivity contribution in [2.75, 3.05) is 0 Å². The second-order valence-corrected chi connectivity index (χ2v) is 9.51. The highest BCUT2D eigenvalue weighted by Gasteiger charge is 2.15. The van der Waals surface area contributed by atoms with Crippen LogP contribution in [-0.2, 0) is 18.8 Å². The van der Waals surface area contributed by atoms with Crippen molar-refractivity contribution in [3.63, 3.8) is 0 Å². The van der Waals surface area contributed by atoms with Crippen molar-refractivity contribution in [3.8, 4) is 0 Å². The van der Waals surface area contributed by atoms with E-state index in [4.69, 9.17) is 4.98 Å². The zero-order valence-electron chi connectivity index (χ0n) is 19.8. The van der Waals surface area contributed by atoms with Crippen LogP contribution in [0, 0.1) is 12.7 Å². The number of aryl methyl sites for hydroxylation is 1. The van der Waals surface area contributed by atoms with Gasteiger partial charge in [0.05, 0.1) is 6.54 Å². The number of imidazole rings is 1. The number of nitrogens with zero attached hydrogens (tertiary/aromatic N) is 3. The number of amides is 1. The van der Waals surface area contributed by atoms with Crippen LogP contribution in [0.1, 0.15) is 32.6 Å². The molecule has 2 heterocycles. The minimum Gasteiger partial charge on any atom is -0.348 e. The largest absolute Gasteiger partial charge is 0.348 e. The minimum atomic E-state index is -0.248. The predicted molar refractivity (Wildman–Crippen MR) is 141 cm³/mol. The predicted octanol–water partition coefficient (Wildman–Crippen LogP) is 6.15. The highest BCUT2D eigenvalue weighted by Crippen LogP contribution is 2.27. The van der Waals surface area contributed by atoms with E-state index < -0.39 is 0 Å². The van der Waals surface area contributed by atoms with Crippen LogP contribution >= 0.6 is 11.8 Å². The molecule has 0 atom stereocenters. The topological polar surface area (TPSA) is 59.8 Å². The Bertz CT molecular complexity index is 1500. The summed E-state index contributed by atoms with van der Waals surface area (Å²) in [6, 6.07) is 26.2. The number of aromatic nitrogens is 3. The summed E-state index contributed by atoms with van der Waals surface area (Å²) >= 11 is 1.56. The highest BCUT2D eigenvalue weighted by atomic mass is 32.2. The van der Waals surface area contributed by atoms with Crippen LogP contribution in [0.5, 0.6) is 0 Å². The van der Waals surface area contributed by atoms with Gasteiger partial charge in [-0.15, -0.1) is 0 Å². The summed E-state index contributed by atoms with van der Waals surface area (Å²) in [6.07, 6.45) is 1.72. The molecule has 5 rings (SSSR count). The molecule has 5 nitrogen and oxygen atoms in total. The molecule has 0 saturated carbocycles. The fourth-order valence-electron chi connectivity index (χ4n) is 3.88. The van der Waals surface area contributed by atoms with E-state index >= 15 is 0 Å². The van der Waals surface area contributed by atoms with Crippen molar-refractivity contribution in [3.05, 3.63) is 125 Å². The molecule has 0 spiro atoms. The molecule has 36 heavy (non-hydrogen) atoms. The Kier molecular flexibility index (Phi) is 7.09. The molecule has 0 unspecified atom stereocenters. The molecular weight excluding hydrogens is 471 g/mol. The molecule has 7 heteroatoms. The Labute approximate surface area is 213 Å². The Morgan fingerprint density at radius 1 is 0.944 bits per heavy atom. The number of rotatable bonds is 8. The molecule has 3 aromatic carbocycles. The Morgan fingerprint density at radius 2 is 1.69 bits per heavy atom. The molecule has 0 saturated heterocycles. The van der Waals surface area contributed by atoms with Gasteiger partial charge in [0.25, 0.3) is 5.91 Å². The molecule has 1 N–H and O–H groups in total. The highest BCUT2D eigenvalue weighted by molar-refractivity contribution is 7.98. The fourth-order valence-corrected chi connectivity index (χ4v) is 4.84. The van der Waals surface area contributed by atoms with E-state index in [1.54, 1.807) is 30.1 Å². The maximum atomic E-state index is 14.3. The zero-order chi connectivity index (χ0) is 24.9. The van der Waals surface area contributed by atoms with Crippen LogP contribution in [-0.4, -0.2) is 20.4 Å². The molecule has 0 radical (unpaired) electrons. The Balaban J connectivity index is 1.26. The van der Waals surface area contributed by atoms with Gasteiger partial charge in [-0.2, -0.15) is 0 Å². The normalized spacial score (nSPS) is 11.1. The second-order valence-electron chi connectivity index (χ2n) is 8.57. The number of carbonyl (C=O) groups excluding carboxylic acids is 1. The summed E-state index contributed by atoms with van der Waals surface area (Å²) in [5.74, 6) is 0.307. The first-order valence-electron chi connectivity index (χ1n) is 11.7. The van der Waals surface area contributed by atoms with Crippen molar-refractivity contribution in [2.24, 2.45) is 0 Å². The Hall–Kier alpha value is -3.97. The van der Waals surface area contributed by atoms with Crippen LogP contribution in [0.3, 0.4) is 0 Å². The van der Waals surface area contributed by atoms with Crippen LogP contribution in [0.15, 0.2) is 96.3 Å². The maximum absolute atomic E-state index is 14.3. The van der Waals surface area contributed by atoms with E-state index in [1.165, 1.54) is 11.6 Å². The molecule has 0 aliphatic carbocycles. The van der Waals surface area contributed by atoms with Gasteiger partial charge in [-0.1, -0.05) is 71.9 Å². The standard InChI is InChI=1S/C29H25FN4OS/c1-20-8-10-21(11-9-20)17-32-28(35)23-14-12-22(13-15-23)19-36-29-33-26-7-4-16-31-27(26)34(29)18-24-5-2-3-6-25(24)30/h2-16H,17-19H2,1H3,(H,32,35). The number of hydrogen-bond acceptors (Lipinski definition) is 4. The first kappa shape index (κ1) is 23.8. The molecule has 5 aromatic rings. The van der Waals surface area contributed by atoms with Gasteiger partial charge in [-0.05, 0) is 48.4 Å². The summed E-state index contributed by atoms with van der Waals surface area (Å²) in [5.41, 5.74) is 6.03. The molecule has 2 aromatic heterocycles. The summed E-state index contributed by atoms with van der Waals surface area (Å²) in [7, 11) is 0. The summed E-state index contributed by atoms with van der Waals surface area (Å²) < 4.78 is 16.3. The van der Waals surface area contributed by atoms with E-state index in [0.717, 1.165) is 27.4 Å². The quantitative estimate of drug-likeness (QED) is 0.262. The number of fused-ring (bicyclic) bond motifs is 1. The maximum Gasteiger partial charge on any atom is 0.251 e. The van der Waals surface area contributed by atoms with E-state index in [0.29, 0.717) is 30.0 Å². The molecular formula is C29H25FN4OS. The lowest BCUT2D eigenvalue weighted by atomic mass is 10.1. The molecule has 1 amide bonds. The lowest BCUT2D eigenvalue weighted by Gasteiger charge is -2.10. The molecule has 0 bridgehead atoms. The van der Waals surface area contributed by atoms with Gasteiger partial charge in [0, 0.05) is 29.6 Å². The fraction of sp³-hybridized carbons (Fsp3) is 0.138. The van der Waals surface area contributed by atoms with Crippen molar-refractivity contribution in [2.45, 2.75) is 30.9 Å². The van der Waals surface area contributed by atoms with Crippen LogP contribution in [0.25, 0.3) is 11.2 Å². The average Bonchev–Trinajstić information content (AvgIpc) is 3.26. The van der Waals surface area contributed by atoms with E-state index in [1.807, 2.05) is 78.2 Å². The molecule has 0 fully saturated rings. The van der Waals surface area contributed by atoms with E-state index in [9.17, 15) is 9.18 Å². The van der Waals surface area contributed by atoms with Gasteiger partial charge in [0.15, 0.2) is 10.8 Å². The number of thioether (sulfide) groups is 1. The van der Waals surface area contributed by atoms with Crippen molar-refractivity contribution >= 4 is 28.8 Å². The lowest BCUT2D eigenvalue weighted by Crippen LogP contribution is -2.22. The number of carbonyl (C=O) groups is 1. The number of halogens is 1. The smallest absolute Gasteiger partial charge is 0.251 e. The molecule has 180 valence electrons. The third-order valence-corrected chi connectivity index (χ3v) is 6.96. The number of benzene rings is 3. The first-order valence-corrected chi connectivity index (χ1v) is 12.7. The summed E-state index contributed by atoms with van der Waals surface area (Å²) in [5, 5.41) is 3.74. The van der Waals surface area contributed by atoms with Gasteiger partial charge in [0.2, 0.25) is 0 Å². The third-order valence-electron chi connectivity index (χ3n) is 5.91. The van der Waals surface area contributed by atoms with Gasteiger partial charge in [-0.3, -0.25) is 9.36 Å². The monoisotopic (exact) mass is 496 g/mol. The number of hydrogen-bond donors (Lipinski definition) is 1. The minimum absolute atomic E-state index is 0.104. The second kappa shape index (κ2) is 10.7. The SMILES string of the molecule is Cc1ccc(CNC(=O)c2ccc(CSc3nc4cccnc4n3Cc3ccccc3F)cc2)cc1. The van der Waals surface area contributed by atoms with Crippen LogP contribution in [0.4, 0.5) is 4.39 Å². The summed E-state index contributed by atoms with van der Waals surface area (Å²) in [4.78, 5) is 21.8. The number of nitrogens with one attached hydrogen (secondary N) is 1. The van der Waals surface area contributed by atoms with Crippen molar-refractivity contribution in [1.29, 1.82) is 0 Å². The van der Waals surface area contributed by atoms with Gasteiger partial charge in [0.1, 0.15) is 11.3 Å². The van der Waals surface area contributed by atoms with E-state index in [-0.39, 0.29) is 11.7 Å². The molecule has 0 aliphatic heterocycles.